The van der Waals surface area contributed by atoms with Crippen molar-refractivity contribution in [3.8, 4) is 17.2 Å². The lowest BCUT2D eigenvalue weighted by Crippen LogP contribution is -2.32. The topological polar surface area (TPSA) is 63.2 Å². The Labute approximate surface area is 197 Å². The van der Waals surface area contributed by atoms with Crippen LogP contribution in [0.5, 0.6) is 17.2 Å². The first-order valence-electron chi connectivity index (χ1n) is 10.7. The molecule has 1 saturated heterocycles. The lowest BCUT2D eigenvalue weighted by molar-refractivity contribution is -0.155. The molecule has 2 aromatic rings. The van der Waals surface area contributed by atoms with Crippen LogP contribution in [0.3, 0.4) is 0 Å². The van der Waals surface area contributed by atoms with Gasteiger partial charge in [-0.25, -0.2) is 0 Å². The van der Waals surface area contributed by atoms with Gasteiger partial charge >= 0.3 is 5.97 Å². The molecule has 2 aliphatic rings. The Morgan fingerprint density at radius 2 is 1.94 bits per heavy atom. The van der Waals surface area contributed by atoms with Gasteiger partial charge in [0.05, 0.1) is 17.7 Å². The number of thioether (sulfide) groups is 1. The highest BCUT2D eigenvalue weighted by atomic mass is 35.5. The second-order valence-corrected chi connectivity index (χ2v) is 9.13. The van der Waals surface area contributed by atoms with Crippen LogP contribution in [-0.4, -0.2) is 37.2 Å². The lowest BCUT2D eigenvalue weighted by Gasteiger charge is -2.34. The summed E-state index contributed by atoms with van der Waals surface area (Å²) < 4.78 is 28.9. The smallest absolute Gasteiger partial charge is 0.302 e. The van der Waals surface area contributed by atoms with Gasteiger partial charge in [-0.1, -0.05) is 23.7 Å². The van der Waals surface area contributed by atoms with Crippen LogP contribution in [0.4, 0.5) is 0 Å². The van der Waals surface area contributed by atoms with Crippen molar-refractivity contribution < 1.29 is 28.5 Å². The van der Waals surface area contributed by atoms with Crippen molar-refractivity contribution in [2.75, 3.05) is 19.7 Å². The SMILES string of the molecule is CCOc1ccc(Cc2cc(C3CC(OC(C)=O)CC(SC)O3)c3c(c2Cl)OCO3)cc1. The van der Waals surface area contributed by atoms with Crippen LogP contribution < -0.4 is 14.2 Å². The summed E-state index contributed by atoms with van der Waals surface area (Å²) >= 11 is 8.31. The summed E-state index contributed by atoms with van der Waals surface area (Å²) in [5.41, 5.74) is 2.82. The van der Waals surface area contributed by atoms with Gasteiger partial charge in [-0.2, -0.15) is 0 Å². The highest BCUT2D eigenvalue weighted by Gasteiger charge is 2.36. The predicted octanol–water partition coefficient (Wildman–Crippen LogP) is 5.53. The summed E-state index contributed by atoms with van der Waals surface area (Å²) in [6, 6.07) is 10.0. The van der Waals surface area contributed by atoms with Crippen molar-refractivity contribution in [3.05, 3.63) is 52.0 Å². The van der Waals surface area contributed by atoms with E-state index in [4.69, 9.17) is 35.3 Å². The molecule has 1 fully saturated rings. The molecular formula is C24H27ClO6S. The molecule has 2 heterocycles. The predicted molar refractivity (Wildman–Crippen MR) is 124 cm³/mol. The van der Waals surface area contributed by atoms with Gasteiger partial charge in [0.25, 0.3) is 0 Å². The molecule has 4 rings (SSSR count). The summed E-state index contributed by atoms with van der Waals surface area (Å²) in [4.78, 5) is 11.6. The van der Waals surface area contributed by atoms with Crippen LogP contribution in [0.25, 0.3) is 0 Å². The van der Waals surface area contributed by atoms with Crippen molar-refractivity contribution >= 4 is 29.3 Å². The standard InChI is InChI=1S/C24H27ClO6S/c1-4-27-17-7-5-15(6-8-17)9-16-10-19(23-24(22(16)25)29-13-28-23)20-11-18(30-14(2)26)12-21(31-20)32-3/h5-8,10,18,20-21H,4,9,11-13H2,1-3H3. The van der Waals surface area contributed by atoms with Crippen molar-refractivity contribution in [2.24, 2.45) is 0 Å². The molecule has 0 aromatic heterocycles. The molecule has 0 radical (unpaired) electrons. The molecule has 3 atom stereocenters. The van der Waals surface area contributed by atoms with E-state index in [1.165, 1.54) is 6.92 Å². The Balaban J connectivity index is 1.65. The number of halogens is 1. The van der Waals surface area contributed by atoms with E-state index in [1.54, 1.807) is 11.8 Å². The van der Waals surface area contributed by atoms with Crippen molar-refractivity contribution in [2.45, 2.75) is 50.8 Å². The summed E-state index contributed by atoms with van der Waals surface area (Å²) in [5.74, 6) is 1.71. The van der Waals surface area contributed by atoms with E-state index in [2.05, 4.69) is 0 Å². The van der Waals surface area contributed by atoms with Gasteiger partial charge in [-0.05, 0) is 48.9 Å². The molecule has 2 aromatic carbocycles. The van der Waals surface area contributed by atoms with Gasteiger partial charge in [-0.15, -0.1) is 11.8 Å². The zero-order valence-electron chi connectivity index (χ0n) is 18.4. The zero-order valence-corrected chi connectivity index (χ0v) is 20.0. The fraction of sp³-hybridized carbons (Fsp3) is 0.458. The highest BCUT2D eigenvalue weighted by molar-refractivity contribution is 7.99. The number of rotatable bonds is 7. The molecule has 172 valence electrons. The molecule has 32 heavy (non-hydrogen) atoms. The van der Waals surface area contributed by atoms with Gasteiger partial charge in [0.15, 0.2) is 11.5 Å². The number of benzene rings is 2. The lowest BCUT2D eigenvalue weighted by atomic mass is 9.94. The normalized spacial score (nSPS) is 21.9. The van der Waals surface area contributed by atoms with Crippen molar-refractivity contribution in [3.63, 3.8) is 0 Å². The number of carbonyl (C=O) groups is 1. The van der Waals surface area contributed by atoms with Gasteiger partial charge in [0, 0.05) is 25.3 Å². The van der Waals surface area contributed by atoms with Gasteiger partial charge < -0.3 is 23.7 Å². The molecule has 2 aliphatic heterocycles. The molecule has 0 saturated carbocycles. The molecule has 0 amide bonds. The summed E-state index contributed by atoms with van der Waals surface area (Å²) in [6.07, 6.45) is 3.31. The van der Waals surface area contributed by atoms with Gasteiger partial charge in [0.1, 0.15) is 17.3 Å². The molecule has 3 unspecified atom stereocenters. The van der Waals surface area contributed by atoms with Crippen LogP contribution in [0, 0.1) is 0 Å². The number of hydrogen-bond acceptors (Lipinski definition) is 7. The van der Waals surface area contributed by atoms with E-state index in [9.17, 15) is 4.79 Å². The highest BCUT2D eigenvalue weighted by Crippen LogP contribution is 2.49. The minimum atomic E-state index is -0.294. The Morgan fingerprint density at radius 1 is 1.19 bits per heavy atom. The van der Waals surface area contributed by atoms with Crippen LogP contribution >= 0.6 is 23.4 Å². The average Bonchev–Trinajstić information content (AvgIpc) is 3.27. The molecule has 0 bridgehead atoms. The largest absolute Gasteiger partial charge is 0.494 e. The van der Waals surface area contributed by atoms with Gasteiger partial charge in [-0.3, -0.25) is 4.79 Å². The fourth-order valence-corrected chi connectivity index (χ4v) is 5.02. The van der Waals surface area contributed by atoms with Crippen LogP contribution in [-0.2, 0) is 20.7 Å². The van der Waals surface area contributed by atoms with Crippen LogP contribution in [0.1, 0.15) is 49.5 Å². The summed E-state index contributed by atoms with van der Waals surface area (Å²) in [5, 5.41) is 0.545. The molecule has 6 nitrogen and oxygen atoms in total. The first-order chi connectivity index (χ1) is 15.5. The molecule has 8 heteroatoms. The third-order valence-corrected chi connectivity index (χ3v) is 6.75. The molecule has 0 aliphatic carbocycles. The monoisotopic (exact) mass is 478 g/mol. The van der Waals surface area contributed by atoms with Crippen LogP contribution in [0.15, 0.2) is 30.3 Å². The number of fused-ring (bicyclic) bond motifs is 1. The van der Waals surface area contributed by atoms with Crippen molar-refractivity contribution in [1.29, 1.82) is 0 Å². The Bertz CT molecular complexity index is 964. The number of hydrogen-bond donors (Lipinski definition) is 0. The number of ether oxygens (including phenoxy) is 5. The Hall–Kier alpha value is -2.09. The number of esters is 1. The maximum absolute atomic E-state index is 11.6. The minimum Gasteiger partial charge on any atom is -0.494 e. The summed E-state index contributed by atoms with van der Waals surface area (Å²) in [6.45, 7) is 4.14. The zero-order chi connectivity index (χ0) is 22.7. The van der Waals surface area contributed by atoms with E-state index in [-0.39, 0.29) is 30.4 Å². The van der Waals surface area contributed by atoms with E-state index in [0.717, 1.165) is 22.4 Å². The maximum atomic E-state index is 11.6. The van der Waals surface area contributed by atoms with E-state index in [1.807, 2.05) is 43.5 Å². The summed E-state index contributed by atoms with van der Waals surface area (Å²) in [7, 11) is 0. The van der Waals surface area contributed by atoms with Gasteiger partial charge in [0.2, 0.25) is 6.79 Å². The first kappa shape index (κ1) is 23.1. The second-order valence-electron chi connectivity index (χ2n) is 7.75. The molecule has 0 N–H and O–H groups in total. The second kappa shape index (κ2) is 10.2. The third kappa shape index (κ3) is 5.11. The van der Waals surface area contributed by atoms with Crippen LogP contribution in [0.2, 0.25) is 5.02 Å². The van der Waals surface area contributed by atoms with E-state index < -0.39 is 0 Å². The van der Waals surface area contributed by atoms with Crippen molar-refractivity contribution in [1.82, 2.24) is 0 Å². The fourth-order valence-electron chi connectivity index (χ4n) is 4.10. The molecule has 0 spiro atoms. The third-order valence-electron chi connectivity index (χ3n) is 5.51. The van der Waals surface area contributed by atoms with E-state index >= 15 is 0 Å². The Kier molecular flexibility index (Phi) is 7.38. The minimum absolute atomic E-state index is 0.0821. The Morgan fingerprint density at radius 3 is 2.62 bits per heavy atom. The molecular weight excluding hydrogens is 452 g/mol. The first-order valence-corrected chi connectivity index (χ1v) is 12.3. The number of carbonyl (C=O) groups excluding carboxylic acids is 1. The average molecular weight is 479 g/mol. The quantitative estimate of drug-likeness (QED) is 0.485. The maximum Gasteiger partial charge on any atom is 0.302 e. The van der Waals surface area contributed by atoms with E-state index in [0.29, 0.717) is 42.4 Å².